The van der Waals surface area contributed by atoms with Crippen LogP contribution in [0.25, 0.3) is 0 Å². The number of para-hydroxylation sites is 1. The molecule has 1 fully saturated rings. The Hall–Kier alpha value is -1.72. The molecule has 21 heavy (non-hydrogen) atoms. The molecular weight excluding hydrogens is 282 g/mol. The Balaban J connectivity index is 1.57. The van der Waals surface area contributed by atoms with Gasteiger partial charge in [-0.2, -0.15) is 0 Å². The fourth-order valence-corrected chi connectivity index (χ4v) is 3.56. The van der Waals surface area contributed by atoms with Gasteiger partial charge in [-0.3, -0.25) is 9.69 Å². The summed E-state index contributed by atoms with van der Waals surface area (Å²) in [6, 6.07) is 10.5. The number of hydrogen-bond acceptors (Lipinski definition) is 5. The highest BCUT2D eigenvalue weighted by molar-refractivity contribution is 7.13. The van der Waals surface area contributed by atoms with Crippen molar-refractivity contribution in [2.75, 3.05) is 31.1 Å². The van der Waals surface area contributed by atoms with Gasteiger partial charge in [0.2, 0.25) is 0 Å². The summed E-state index contributed by atoms with van der Waals surface area (Å²) >= 11 is 1.52. The van der Waals surface area contributed by atoms with Gasteiger partial charge in [0.1, 0.15) is 5.01 Å². The van der Waals surface area contributed by atoms with Crippen LogP contribution >= 0.6 is 11.3 Å². The van der Waals surface area contributed by atoms with Crippen molar-refractivity contribution >= 4 is 23.3 Å². The molecular formula is C16H19N3OS. The molecule has 0 N–H and O–H groups in total. The number of aromatic nitrogens is 1. The molecule has 0 amide bonds. The van der Waals surface area contributed by atoms with E-state index >= 15 is 0 Å². The second-order valence-corrected chi connectivity index (χ2v) is 6.39. The molecule has 110 valence electrons. The number of thiazole rings is 1. The van der Waals surface area contributed by atoms with Crippen molar-refractivity contribution in [1.29, 1.82) is 0 Å². The van der Waals surface area contributed by atoms with Crippen LogP contribution in [0.1, 0.15) is 20.4 Å². The van der Waals surface area contributed by atoms with Gasteiger partial charge in [0, 0.05) is 31.9 Å². The molecule has 0 atom stereocenters. The molecule has 1 aromatic carbocycles. The first-order chi connectivity index (χ1) is 10.3. The Bertz CT molecular complexity index is 603. The topological polar surface area (TPSA) is 36.4 Å². The first-order valence-corrected chi connectivity index (χ1v) is 8.02. The lowest BCUT2D eigenvalue weighted by molar-refractivity contribution is 0.112. The quantitative estimate of drug-likeness (QED) is 0.813. The van der Waals surface area contributed by atoms with Crippen molar-refractivity contribution in [3.63, 3.8) is 0 Å². The van der Waals surface area contributed by atoms with Crippen molar-refractivity contribution in [2.45, 2.75) is 13.5 Å². The van der Waals surface area contributed by atoms with Gasteiger partial charge in [-0.1, -0.05) is 18.2 Å². The van der Waals surface area contributed by atoms with Crippen molar-refractivity contribution in [2.24, 2.45) is 0 Å². The number of anilines is 1. The number of rotatable bonds is 4. The predicted molar refractivity (Wildman–Crippen MR) is 86.2 cm³/mol. The number of nitrogens with zero attached hydrogens (tertiary/aromatic N) is 3. The van der Waals surface area contributed by atoms with Crippen LogP contribution in [0.3, 0.4) is 0 Å². The molecule has 5 heteroatoms. The number of piperazine rings is 1. The van der Waals surface area contributed by atoms with E-state index in [0.29, 0.717) is 0 Å². The second kappa shape index (κ2) is 6.37. The number of aldehydes is 1. The molecule has 0 spiro atoms. The Kier molecular flexibility index (Phi) is 4.31. The van der Waals surface area contributed by atoms with E-state index in [9.17, 15) is 4.79 Å². The van der Waals surface area contributed by atoms with Gasteiger partial charge in [-0.15, -0.1) is 11.3 Å². The largest absolute Gasteiger partial charge is 0.369 e. The highest BCUT2D eigenvalue weighted by Gasteiger charge is 2.18. The lowest BCUT2D eigenvalue weighted by Gasteiger charge is -2.35. The first-order valence-electron chi connectivity index (χ1n) is 7.20. The summed E-state index contributed by atoms with van der Waals surface area (Å²) < 4.78 is 0. The molecule has 3 rings (SSSR count). The van der Waals surface area contributed by atoms with Crippen LogP contribution in [-0.2, 0) is 6.54 Å². The third-order valence-electron chi connectivity index (χ3n) is 3.84. The Morgan fingerprint density at radius 1 is 1.19 bits per heavy atom. The van der Waals surface area contributed by atoms with Crippen LogP contribution in [0.4, 0.5) is 5.69 Å². The maximum absolute atomic E-state index is 10.9. The molecule has 1 saturated heterocycles. The van der Waals surface area contributed by atoms with Crippen LogP contribution in [-0.4, -0.2) is 42.3 Å². The highest BCUT2D eigenvalue weighted by Crippen LogP contribution is 2.20. The molecule has 0 aliphatic carbocycles. The van der Waals surface area contributed by atoms with Crippen molar-refractivity contribution in [3.8, 4) is 0 Å². The fourth-order valence-electron chi connectivity index (χ4n) is 2.64. The van der Waals surface area contributed by atoms with E-state index in [0.717, 1.165) is 54.6 Å². The van der Waals surface area contributed by atoms with Gasteiger partial charge in [0.15, 0.2) is 6.29 Å². The van der Waals surface area contributed by atoms with E-state index < -0.39 is 0 Å². The highest BCUT2D eigenvalue weighted by atomic mass is 32.1. The van der Waals surface area contributed by atoms with E-state index in [1.54, 1.807) is 0 Å². The average molecular weight is 301 g/mol. The Morgan fingerprint density at radius 3 is 2.52 bits per heavy atom. The standard InChI is InChI=1S/C16H19N3OS/c1-13-15(12-20)21-16(17-13)11-18-7-9-19(10-8-18)14-5-3-2-4-6-14/h2-6,12H,7-11H2,1H3. The fraction of sp³-hybridized carbons (Fsp3) is 0.375. The van der Waals surface area contributed by atoms with Crippen LogP contribution in [0.2, 0.25) is 0 Å². The first kappa shape index (κ1) is 14.2. The van der Waals surface area contributed by atoms with E-state index in [-0.39, 0.29) is 0 Å². The SMILES string of the molecule is Cc1nc(CN2CCN(c3ccccc3)CC2)sc1C=O. The summed E-state index contributed by atoms with van der Waals surface area (Å²) in [6.45, 7) is 6.89. The third kappa shape index (κ3) is 3.31. The molecule has 1 aliphatic rings. The predicted octanol–water partition coefficient (Wildman–Crippen LogP) is 2.59. The van der Waals surface area contributed by atoms with Crippen molar-refractivity contribution in [3.05, 3.63) is 45.9 Å². The summed E-state index contributed by atoms with van der Waals surface area (Å²) in [7, 11) is 0. The molecule has 0 bridgehead atoms. The average Bonchev–Trinajstić information content (AvgIpc) is 2.88. The molecule has 4 nitrogen and oxygen atoms in total. The minimum atomic E-state index is 0.757. The van der Waals surface area contributed by atoms with E-state index in [1.165, 1.54) is 17.0 Å². The maximum Gasteiger partial charge on any atom is 0.161 e. The van der Waals surface area contributed by atoms with E-state index in [4.69, 9.17) is 0 Å². The minimum Gasteiger partial charge on any atom is -0.369 e. The molecule has 2 heterocycles. The molecule has 1 aromatic heterocycles. The number of carbonyl (C=O) groups excluding carboxylic acids is 1. The lowest BCUT2D eigenvalue weighted by atomic mass is 10.2. The summed E-state index contributed by atoms with van der Waals surface area (Å²) in [5, 5.41) is 1.04. The van der Waals surface area contributed by atoms with Gasteiger partial charge in [0.25, 0.3) is 0 Å². The summed E-state index contributed by atoms with van der Waals surface area (Å²) in [5.74, 6) is 0. The summed E-state index contributed by atoms with van der Waals surface area (Å²) in [4.78, 5) is 21.0. The van der Waals surface area contributed by atoms with E-state index in [1.807, 2.05) is 6.92 Å². The number of benzene rings is 1. The monoisotopic (exact) mass is 301 g/mol. The van der Waals surface area contributed by atoms with Crippen LogP contribution in [0.5, 0.6) is 0 Å². The van der Waals surface area contributed by atoms with Gasteiger partial charge in [0.05, 0.1) is 17.1 Å². The minimum absolute atomic E-state index is 0.757. The van der Waals surface area contributed by atoms with Gasteiger partial charge >= 0.3 is 0 Å². The smallest absolute Gasteiger partial charge is 0.161 e. The number of hydrogen-bond donors (Lipinski definition) is 0. The van der Waals surface area contributed by atoms with E-state index in [2.05, 4.69) is 45.1 Å². The zero-order chi connectivity index (χ0) is 14.7. The van der Waals surface area contributed by atoms with Gasteiger partial charge in [-0.25, -0.2) is 4.98 Å². The van der Waals surface area contributed by atoms with Crippen LogP contribution in [0, 0.1) is 6.92 Å². The van der Waals surface area contributed by atoms with Crippen LogP contribution in [0.15, 0.2) is 30.3 Å². The summed E-state index contributed by atoms with van der Waals surface area (Å²) in [6.07, 6.45) is 0.907. The number of aryl methyl sites for hydroxylation is 1. The lowest BCUT2D eigenvalue weighted by Crippen LogP contribution is -2.45. The summed E-state index contributed by atoms with van der Waals surface area (Å²) in [5.41, 5.74) is 2.15. The Morgan fingerprint density at radius 2 is 1.90 bits per heavy atom. The molecule has 2 aromatic rings. The molecule has 1 aliphatic heterocycles. The number of carbonyl (C=O) groups is 1. The normalized spacial score (nSPS) is 16.1. The second-order valence-electron chi connectivity index (χ2n) is 5.27. The van der Waals surface area contributed by atoms with Crippen LogP contribution < -0.4 is 4.90 Å². The zero-order valence-corrected chi connectivity index (χ0v) is 13.0. The molecule has 0 radical (unpaired) electrons. The Labute approximate surface area is 129 Å². The molecule has 0 unspecified atom stereocenters. The van der Waals surface area contributed by atoms with Crippen molar-refractivity contribution < 1.29 is 4.79 Å². The molecule has 0 saturated carbocycles. The third-order valence-corrected chi connectivity index (χ3v) is 4.90. The maximum atomic E-state index is 10.9. The van der Waals surface area contributed by atoms with Gasteiger partial charge < -0.3 is 4.90 Å². The van der Waals surface area contributed by atoms with Crippen molar-refractivity contribution in [1.82, 2.24) is 9.88 Å². The zero-order valence-electron chi connectivity index (χ0n) is 12.2. The van der Waals surface area contributed by atoms with Gasteiger partial charge in [-0.05, 0) is 19.1 Å².